The van der Waals surface area contributed by atoms with Gasteiger partial charge < -0.3 is 34.1 Å². The fourth-order valence-electron chi connectivity index (χ4n) is 3.05. The number of methoxy groups -OCH3 is 1. The smallest absolute Gasteiger partial charge is 0.347 e. The fraction of sp³-hybridized carbons (Fsp3) is 0.556. The van der Waals surface area contributed by atoms with Crippen LogP contribution in [0.5, 0.6) is 0 Å². The van der Waals surface area contributed by atoms with Crippen LogP contribution in [0.4, 0.5) is 0 Å². The van der Waals surface area contributed by atoms with Crippen LogP contribution in [-0.4, -0.2) is 91.5 Å². The molecule has 0 saturated heterocycles. The number of carbonyl (C=O) groups is 6. The van der Waals surface area contributed by atoms with Crippen molar-refractivity contribution < 1.29 is 57.6 Å². The van der Waals surface area contributed by atoms with Crippen LogP contribution in [0.25, 0.3) is 0 Å². The summed E-state index contributed by atoms with van der Waals surface area (Å²) in [4.78, 5) is 73.1. The van der Waals surface area contributed by atoms with Crippen LogP contribution in [0.1, 0.15) is 46.1 Å². The standard InChI is InChI=1S/C27H37NO12/c1-16(29)24(32)39-18(3)26(34)40-19(4)25(33)38-17(2)22(30)11-12-23(31)28-21(27(35)37-14-13-36-5)15-20-9-7-6-8-10-20/h6-10,16-19,21,29H,11-15H2,1-5H3,(H,28,31). The van der Waals surface area contributed by atoms with Gasteiger partial charge in [0, 0.05) is 26.4 Å². The first-order valence-corrected chi connectivity index (χ1v) is 12.7. The number of aliphatic hydroxyl groups is 1. The van der Waals surface area contributed by atoms with Crippen molar-refractivity contribution in [1.29, 1.82) is 0 Å². The van der Waals surface area contributed by atoms with E-state index < -0.39 is 66.0 Å². The van der Waals surface area contributed by atoms with E-state index in [9.17, 15) is 28.8 Å². The molecule has 0 bridgehead atoms. The lowest BCUT2D eigenvalue weighted by molar-refractivity contribution is -0.181. The van der Waals surface area contributed by atoms with Crippen LogP contribution in [-0.2, 0) is 58.9 Å². The van der Waals surface area contributed by atoms with Crippen LogP contribution in [0.2, 0.25) is 0 Å². The molecule has 0 spiro atoms. The van der Waals surface area contributed by atoms with Crippen LogP contribution in [0, 0.1) is 0 Å². The Hall–Kier alpha value is -3.84. The SMILES string of the molecule is COCCOC(=O)C(Cc1ccccc1)NC(=O)CCC(=O)C(C)OC(=O)C(C)OC(=O)C(C)OC(=O)C(C)O. The van der Waals surface area contributed by atoms with Gasteiger partial charge in [-0.3, -0.25) is 9.59 Å². The van der Waals surface area contributed by atoms with E-state index >= 15 is 0 Å². The lowest BCUT2D eigenvalue weighted by Crippen LogP contribution is -2.44. The maximum Gasteiger partial charge on any atom is 0.347 e. The molecule has 0 aliphatic heterocycles. The number of ketones is 1. The minimum Gasteiger partial charge on any atom is -0.462 e. The van der Waals surface area contributed by atoms with Crippen molar-refractivity contribution in [2.75, 3.05) is 20.3 Å². The highest BCUT2D eigenvalue weighted by atomic mass is 16.6. The maximum atomic E-state index is 12.5. The number of esters is 4. The van der Waals surface area contributed by atoms with Crippen LogP contribution in [0.15, 0.2) is 30.3 Å². The Bertz CT molecular complexity index is 1010. The number of ether oxygens (including phenoxy) is 5. The quantitative estimate of drug-likeness (QED) is 0.151. The van der Waals surface area contributed by atoms with E-state index in [0.717, 1.165) is 12.5 Å². The number of rotatable bonds is 17. The Labute approximate surface area is 232 Å². The molecule has 0 aromatic heterocycles. The molecule has 5 unspecified atom stereocenters. The van der Waals surface area contributed by atoms with Crippen molar-refractivity contribution in [2.24, 2.45) is 0 Å². The van der Waals surface area contributed by atoms with Gasteiger partial charge in [0.15, 0.2) is 24.1 Å². The van der Waals surface area contributed by atoms with Crippen LogP contribution < -0.4 is 5.32 Å². The van der Waals surface area contributed by atoms with Crippen LogP contribution >= 0.6 is 0 Å². The van der Waals surface area contributed by atoms with Gasteiger partial charge in [0.2, 0.25) is 5.91 Å². The van der Waals surface area contributed by atoms with Crippen molar-refractivity contribution in [3.8, 4) is 0 Å². The van der Waals surface area contributed by atoms with Crippen molar-refractivity contribution in [3.05, 3.63) is 35.9 Å². The number of nitrogens with one attached hydrogen (secondary N) is 1. The van der Waals surface area contributed by atoms with Gasteiger partial charge in [0.1, 0.15) is 18.8 Å². The Balaban J connectivity index is 2.59. The lowest BCUT2D eigenvalue weighted by atomic mass is 10.1. The summed E-state index contributed by atoms with van der Waals surface area (Å²) in [6, 6.07) is 8.00. The molecule has 1 rings (SSSR count). The van der Waals surface area contributed by atoms with E-state index in [1.54, 1.807) is 24.3 Å². The number of Topliss-reactive ketones (excluding diaryl/α,β-unsaturated/α-hetero) is 1. The number of amides is 1. The predicted molar refractivity (Wildman–Crippen MR) is 137 cm³/mol. The zero-order chi connectivity index (χ0) is 30.2. The molecule has 1 amide bonds. The molecule has 40 heavy (non-hydrogen) atoms. The third kappa shape index (κ3) is 12.8. The van der Waals surface area contributed by atoms with Gasteiger partial charge >= 0.3 is 23.9 Å². The van der Waals surface area contributed by atoms with Crippen LogP contribution in [0.3, 0.4) is 0 Å². The second-order valence-corrected chi connectivity index (χ2v) is 8.85. The molecule has 0 radical (unpaired) electrons. The number of hydrogen-bond acceptors (Lipinski definition) is 12. The molecule has 0 fully saturated rings. The van der Waals surface area contributed by atoms with Crippen molar-refractivity contribution in [2.45, 2.75) is 77.4 Å². The molecule has 1 aromatic rings. The normalized spacial score (nSPS) is 14.4. The van der Waals surface area contributed by atoms with Crippen molar-refractivity contribution in [1.82, 2.24) is 5.32 Å². The molecule has 0 saturated carbocycles. The highest BCUT2D eigenvalue weighted by Crippen LogP contribution is 2.09. The molecule has 1 aromatic carbocycles. The third-order valence-electron chi connectivity index (χ3n) is 5.37. The third-order valence-corrected chi connectivity index (χ3v) is 5.37. The predicted octanol–water partition coefficient (Wildman–Crippen LogP) is 0.429. The summed E-state index contributed by atoms with van der Waals surface area (Å²) in [5.41, 5.74) is 0.790. The van der Waals surface area contributed by atoms with Gasteiger partial charge in [-0.15, -0.1) is 0 Å². The topological polar surface area (TPSA) is 181 Å². The summed E-state index contributed by atoms with van der Waals surface area (Å²) in [5, 5.41) is 11.7. The highest BCUT2D eigenvalue weighted by molar-refractivity contribution is 5.91. The molecular formula is C27H37NO12. The zero-order valence-corrected chi connectivity index (χ0v) is 23.2. The van der Waals surface area contributed by atoms with Gasteiger partial charge in [-0.1, -0.05) is 30.3 Å². The summed E-state index contributed by atoms with van der Waals surface area (Å²) in [6.07, 6.45) is -5.93. The second-order valence-electron chi connectivity index (χ2n) is 8.85. The fourth-order valence-corrected chi connectivity index (χ4v) is 3.05. The average molecular weight is 568 g/mol. The van der Waals surface area contributed by atoms with Crippen molar-refractivity contribution in [3.63, 3.8) is 0 Å². The van der Waals surface area contributed by atoms with Gasteiger partial charge in [0.05, 0.1) is 6.61 Å². The first-order valence-electron chi connectivity index (χ1n) is 12.7. The second kappa shape index (κ2) is 17.7. The van der Waals surface area contributed by atoms with Gasteiger partial charge in [-0.2, -0.15) is 0 Å². The Kier molecular flexibility index (Phi) is 15.1. The van der Waals surface area contributed by atoms with E-state index in [1.165, 1.54) is 27.9 Å². The largest absolute Gasteiger partial charge is 0.462 e. The maximum absolute atomic E-state index is 12.5. The molecule has 0 aliphatic rings. The van der Waals surface area contributed by atoms with E-state index in [2.05, 4.69) is 10.1 Å². The highest BCUT2D eigenvalue weighted by Gasteiger charge is 2.29. The summed E-state index contributed by atoms with van der Waals surface area (Å²) < 4.78 is 24.6. The molecule has 13 nitrogen and oxygen atoms in total. The minimum atomic E-state index is -1.45. The monoisotopic (exact) mass is 567 g/mol. The number of hydrogen-bond donors (Lipinski definition) is 2. The zero-order valence-electron chi connectivity index (χ0n) is 23.2. The number of carbonyl (C=O) groups excluding carboxylic acids is 6. The lowest BCUT2D eigenvalue weighted by Gasteiger charge is -2.19. The van der Waals surface area contributed by atoms with E-state index in [1.807, 2.05) is 6.07 Å². The van der Waals surface area contributed by atoms with E-state index in [-0.39, 0.29) is 32.5 Å². The van der Waals surface area contributed by atoms with E-state index in [4.69, 9.17) is 24.1 Å². The summed E-state index contributed by atoms with van der Waals surface area (Å²) in [5.74, 6) is -4.95. The molecule has 0 heterocycles. The van der Waals surface area contributed by atoms with Gasteiger partial charge in [0.25, 0.3) is 0 Å². The minimum absolute atomic E-state index is 0.0114. The van der Waals surface area contributed by atoms with Gasteiger partial charge in [-0.25, -0.2) is 19.2 Å². The van der Waals surface area contributed by atoms with Gasteiger partial charge in [-0.05, 0) is 33.3 Å². The molecule has 2 N–H and O–H groups in total. The number of aliphatic hydroxyl groups excluding tert-OH is 1. The average Bonchev–Trinajstić information content (AvgIpc) is 2.91. The number of benzene rings is 1. The molecular weight excluding hydrogens is 530 g/mol. The van der Waals surface area contributed by atoms with Crippen molar-refractivity contribution >= 4 is 35.6 Å². The molecule has 13 heteroatoms. The Morgan fingerprint density at radius 1 is 0.750 bits per heavy atom. The first-order chi connectivity index (χ1) is 18.8. The molecule has 5 atom stereocenters. The Morgan fingerprint density at radius 3 is 1.85 bits per heavy atom. The van der Waals surface area contributed by atoms with E-state index in [0.29, 0.717) is 0 Å². The summed E-state index contributed by atoms with van der Waals surface area (Å²) >= 11 is 0. The molecule has 0 aliphatic carbocycles. The summed E-state index contributed by atoms with van der Waals surface area (Å²) in [7, 11) is 1.46. The Morgan fingerprint density at radius 2 is 1.30 bits per heavy atom. The summed E-state index contributed by atoms with van der Waals surface area (Å²) in [6.45, 7) is 5.05. The first kappa shape index (κ1) is 34.2. The molecule has 222 valence electrons.